The second kappa shape index (κ2) is 6.43. The lowest BCUT2D eigenvalue weighted by Crippen LogP contribution is -2.17. The topological polar surface area (TPSA) is 37.0 Å². The molecule has 0 bridgehead atoms. The standard InChI is InChI=1S/C10H15N3/c1-2-3-7-11-9-13-10-6-4-5-8-12-10/h4-6,8,11H,2-3,7H2,1H3,(H,12,13). The second-order valence-corrected chi connectivity index (χ2v) is 2.75. The first-order valence-corrected chi connectivity index (χ1v) is 4.58. The first-order chi connectivity index (χ1) is 6.43. The second-order valence-electron chi connectivity index (χ2n) is 2.75. The lowest BCUT2D eigenvalue weighted by Gasteiger charge is -2.03. The van der Waals surface area contributed by atoms with Crippen molar-refractivity contribution in [2.75, 3.05) is 11.9 Å². The summed E-state index contributed by atoms with van der Waals surface area (Å²) >= 11 is 0. The van der Waals surface area contributed by atoms with E-state index in [1.54, 1.807) is 6.20 Å². The van der Waals surface area contributed by atoms with E-state index in [1.165, 1.54) is 6.42 Å². The number of nitrogens with zero attached hydrogens (tertiary/aromatic N) is 1. The fourth-order valence-corrected chi connectivity index (χ4v) is 0.873. The van der Waals surface area contributed by atoms with Crippen LogP contribution in [0.3, 0.4) is 0 Å². The number of unbranched alkanes of at least 4 members (excludes halogenated alkanes) is 1. The number of aromatic nitrogens is 1. The van der Waals surface area contributed by atoms with Gasteiger partial charge in [0.15, 0.2) is 6.67 Å². The summed E-state index contributed by atoms with van der Waals surface area (Å²) < 4.78 is 0. The Morgan fingerprint density at radius 3 is 3.08 bits per heavy atom. The summed E-state index contributed by atoms with van der Waals surface area (Å²) in [6.07, 6.45) is 4.10. The minimum atomic E-state index is 0.812. The maximum atomic E-state index is 4.08. The molecule has 0 aliphatic rings. The van der Waals surface area contributed by atoms with Crippen LogP contribution in [0.25, 0.3) is 0 Å². The van der Waals surface area contributed by atoms with Crippen molar-refractivity contribution < 1.29 is 0 Å². The molecule has 70 valence electrons. The predicted molar refractivity (Wildman–Crippen MR) is 54.0 cm³/mol. The number of rotatable bonds is 6. The van der Waals surface area contributed by atoms with Crippen LogP contribution in [0.5, 0.6) is 0 Å². The summed E-state index contributed by atoms with van der Waals surface area (Å²) in [6.45, 7) is 5.99. The molecule has 0 saturated carbocycles. The summed E-state index contributed by atoms with van der Waals surface area (Å²) in [5.41, 5.74) is 0. The molecule has 0 saturated heterocycles. The molecule has 0 amide bonds. The first kappa shape index (κ1) is 9.99. The van der Waals surface area contributed by atoms with Crippen molar-refractivity contribution in [3.05, 3.63) is 31.1 Å². The van der Waals surface area contributed by atoms with Gasteiger partial charge in [0.1, 0.15) is 5.82 Å². The first-order valence-electron chi connectivity index (χ1n) is 4.58. The lowest BCUT2D eigenvalue weighted by atomic mass is 10.3. The van der Waals surface area contributed by atoms with Gasteiger partial charge in [-0.05, 0) is 25.1 Å². The summed E-state index contributed by atoms with van der Waals surface area (Å²) in [5, 5.41) is 5.96. The van der Waals surface area contributed by atoms with Gasteiger partial charge in [-0.2, -0.15) is 0 Å². The molecule has 0 spiro atoms. The summed E-state index contributed by atoms with van der Waals surface area (Å²) in [6, 6.07) is 5.72. The van der Waals surface area contributed by atoms with Gasteiger partial charge >= 0.3 is 0 Å². The van der Waals surface area contributed by atoms with Crippen LogP contribution in [-0.4, -0.2) is 11.5 Å². The van der Waals surface area contributed by atoms with Crippen LogP contribution in [0, 0.1) is 6.67 Å². The van der Waals surface area contributed by atoms with Crippen LogP contribution in [0.2, 0.25) is 0 Å². The SMILES string of the molecule is CCCCN[C]Nc1ccccn1. The van der Waals surface area contributed by atoms with Crippen LogP contribution in [0.1, 0.15) is 19.8 Å². The maximum absolute atomic E-state index is 4.08. The van der Waals surface area contributed by atoms with Gasteiger partial charge in [-0.15, -0.1) is 0 Å². The van der Waals surface area contributed by atoms with E-state index >= 15 is 0 Å². The van der Waals surface area contributed by atoms with E-state index in [9.17, 15) is 0 Å². The van der Waals surface area contributed by atoms with Crippen molar-refractivity contribution in [1.29, 1.82) is 0 Å². The molecule has 0 unspecified atom stereocenters. The van der Waals surface area contributed by atoms with E-state index in [-0.39, 0.29) is 0 Å². The third kappa shape index (κ3) is 4.48. The van der Waals surface area contributed by atoms with Crippen LogP contribution < -0.4 is 10.6 Å². The Bertz CT molecular complexity index is 211. The molecule has 1 rings (SSSR count). The zero-order valence-corrected chi connectivity index (χ0v) is 7.88. The van der Waals surface area contributed by atoms with Crippen LogP contribution in [-0.2, 0) is 0 Å². The van der Waals surface area contributed by atoms with Crippen molar-refractivity contribution in [3.63, 3.8) is 0 Å². The number of anilines is 1. The molecule has 2 N–H and O–H groups in total. The van der Waals surface area contributed by atoms with E-state index < -0.39 is 0 Å². The molecule has 1 aromatic rings. The highest BCUT2D eigenvalue weighted by Gasteiger charge is 1.90. The van der Waals surface area contributed by atoms with E-state index in [0.717, 1.165) is 18.8 Å². The van der Waals surface area contributed by atoms with Crippen LogP contribution in [0.4, 0.5) is 5.82 Å². The quantitative estimate of drug-likeness (QED) is 0.514. The maximum Gasteiger partial charge on any atom is 0.172 e. The van der Waals surface area contributed by atoms with Gasteiger partial charge < -0.3 is 5.32 Å². The smallest absolute Gasteiger partial charge is 0.172 e. The number of pyridine rings is 1. The van der Waals surface area contributed by atoms with E-state index in [4.69, 9.17) is 0 Å². The molecule has 3 nitrogen and oxygen atoms in total. The van der Waals surface area contributed by atoms with Crippen molar-refractivity contribution in [2.24, 2.45) is 0 Å². The summed E-state index contributed by atoms with van der Waals surface area (Å²) in [7, 11) is 0. The van der Waals surface area contributed by atoms with E-state index in [0.29, 0.717) is 0 Å². The van der Waals surface area contributed by atoms with Crippen molar-refractivity contribution in [3.8, 4) is 0 Å². The molecule has 2 radical (unpaired) electrons. The van der Waals surface area contributed by atoms with Crippen molar-refractivity contribution >= 4 is 5.82 Å². The number of hydrogen-bond donors (Lipinski definition) is 2. The van der Waals surface area contributed by atoms with Gasteiger partial charge in [-0.3, -0.25) is 5.32 Å². The molecule has 1 heterocycles. The molecule has 0 fully saturated rings. The molecule has 0 atom stereocenters. The zero-order valence-electron chi connectivity index (χ0n) is 7.88. The van der Waals surface area contributed by atoms with Crippen molar-refractivity contribution in [1.82, 2.24) is 10.3 Å². The molecule has 0 aromatic carbocycles. The monoisotopic (exact) mass is 177 g/mol. The van der Waals surface area contributed by atoms with Gasteiger partial charge in [-0.25, -0.2) is 4.98 Å². The molecular weight excluding hydrogens is 162 g/mol. The fourth-order valence-electron chi connectivity index (χ4n) is 0.873. The van der Waals surface area contributed by atoms with Gasteiger partial charge in [-0.1, -0.05) is 19.4 Å². The normalized spacial score (nSPS) is 9.92. The van der Waals surface area contributed by atoms with Crippen LogP contribution >= 0.6 is 0 Å². The Hall–Kier alpha value is -1.09. The van der Waals surface area contributed by atoms with Gasteiger partial charge in [0.2, 0.25) is 0 Å². The Balaban J connectivity index is 2.07. The minimum absolute atomic E-state index is 0.812. The van der Waals surface area contributed by atoms with E-state index in [2.05, 4.69) is 29.2 Å². The third-order valence-corrected chi connectivity index (χ3v) is 1.60. The Kier molecular flexibility index (Phi) is 4.94. The van der Waals surface area contributed by atoms with Gasteiger partial charge in [0.25, 0.3) is 0 Å². The molecule has 0 aliphatic carbocycles. The van der Waals surface area contributed by atoms with Crippen LogP contribution in [0.15, 0.2) is 24.4 Å². The summed E-state index contributed by atoms with van der Waals surface area (Å²) in [5.74, 6) is 0.812. The number of nitrogens with one attached hydrogen (secondary N) is 2. The predicted octanol–water partition coefficient (Wildman–Crippen LogP) is 1.88. The third-order valence-electron chi connectivity index (χ3n) is 1.60. The Morgan fingerprint density at radius 1 is 1.46 bits per heavy atom. The molecule has 0 aliphatic heterocycles. The molecule has 13 heavy (non-hydrogen) atoms. The van der Waals surface area contributed by atoms with Crippen molar-refractivity contribution in [2.45, 2.75) is 19.8 Å². The minimum Gasteiger partial charge on any atom is -0.346 e. The Labute approximate surface area is 79.6 Å². The molecular formula is C10H15N3. The largest absolute Gasteiger partial charge is 0.346 e. The number of hydrogen-bond acceptors (Lipinski definition) is 3. The molecule has 3 heteroatoms. The highest BCUT2D eigenvalue weighted by atomic mass is 15.1. The average molecular weight is 177 g/mol. The average Bonchev–Trinajstić information content (AvgIpc) is 2.19. The zero-order chi connectivity index (χ0) is 9.36. The highest BCUT2D eigenvalue weighted by Crippen LogP contribution is 1.98. The highest BCUT2D eigenvalue weighted by molar-refractivity contribution is 5.34. The van der Waals surface area contributed by atoms with E-state index in [1.807, 2.05) is 18.2 Å². The lowest BCUT2D eigenvalue weighted by molar-refractivity contribution is 0.708. The fraction of sp³-hybridized carbons (Fsp3) is 0.400. The summed E-state index contributed by atoms with van der Waals surface area (Å²) in [4.78, 5) is 4.08. The molecule has 1 aromatic heterocycles. The van der Waals surface area contributed by atoms with Gasteiger partial charge in [0.05, 0.1) is 0 Å². The Morgan fingerprint density at radius 2 is 2.38 bits per heavy atom. The van der Waals surface area contributed by atoms with Gasteiger partial charge in [0, 0.05) is 6.20 Å².